The van der Waals surface area contributed by atoms with Crippen LogP contribution in [-0.4, -0.2) is 12.8 Å². The molecule has 2 unspecified atom stereocenters. The van der Waals surface area contributed by atoms with Crippen LogP contribution >= 0.6 is 9.24 Å². The number of hydrogen-bond donors (Lipinski definition) is 0. The normalized spacial score (nSPS) is 16.1. The topological polar surface area (TPSA) is 12.9 Å². The molecule has 1 nitrogen and oxygen atoms in total. The van der Waals surface area contributed by atoms with Gasteiger partial charge < -0.3 is 0 Å². The van der Waals surface area contributed by atoms with Crippen molar-refractivity contribution in [1.29, 1.82) is 0 Å². The van der Waals surface area contributed by atoms with Gasteiger partial charge in [0.2, 0.25) is 0 Å². The van der Waals surface area contributed by atoms with E-state index in [2.05, 4.69) is 48.0 Å². The first kappa shape index (κ1) is 12.7. The molecule has 2 radical (unpaired) electrons. The van der Waals surface area contributed by atoms with Crippen LogP contribution in [-0.2, 0) is 10.5 Å². The highest BCUT2D eigenvalue weighted by Gasteiger charge is 2.22. The fourth-order valence-electron chi connectivity index (χ4n) is 1.59. The van der Waals surface area contributed by atoms with Gasteiger partial charge in [-0.05, 0) is 23.6 Å². The predicted octanol–water partition coefficient (Wildman–Crippen LogP) is 2.90. The summed E-state index contributed by atoms with van der Waals surface area (Å²) in [6.07, 6.45) is 0. The Morgan fingerprint density at radius 2 is 1.73 bits per heavy atom. The van der Waals surface area contributed by atoms with E-state index in [0.717, 1.165) is 11.4 Å². The van der Waals surface area contributed by atoms with Gasteiger partial charge in [0.1, 0.15) is 0 Å². The highest BCUT2D eigenvalue weighted by Crippen LogP contribution is 2.29. The maximum Gasteiger partial charge on any atom is 0.0885 e. The second kappa shape index (κ2) is 3.90. The fourth-order valence-corrected chi connectivity index (χ4v) is 1.75. The van der Waals surface area contributed by atoms with Crippen molar-refractivity contribution in [2.75, 3.05) is 0 Å². The van der Waals surface area contributed by atoms with Crippen molar-refractivity contribution in [3.63, 3.8) is 0 Å². The second-order valence-electron chi connectivity index (χ2n) is 5.39. The number of hydrogen-bond acceptors (Lipinski definition) is 1. The minimum absolute atomic E-state index is 0.0655. The van der Waals surface area contributed by atoms with E-state index in [1.165, 1.54) is 5.56 Å². The summed E-state index contributed by atoms with van der Waals surface area (Å²) >= 11 is 0. The number of rotatable bonds is 1. The van der Waals surface area contributed by atoms with Crippen LogP contribution < -0.4 is 0 Å². The molecule has 1 rings (SSSR count). The van der Waals surface area contributed by atoms with E-state index in [0.29, 0.717) is 0 Å². The SMILES string of the molecule is [B]C(C)(P)c1ccc(C)c(C(C)(C)C)n1. The van der Waals surface area contributed by atoms with Gasteiger partial charge in [-0.3, -0.25) is 4.98 Å². The molecule has 0 amide bonds. The van der Waals surface area contributed by atoms with Crippen LogP contribution in [0.1, 0.15) is 44.6 Å². The standard InChI is InChI=1S/C12H19BNP/c1-8-6-7-9(12(5,13)15)14-10(8)11(2,3)4/h6-7H,15H2,1-5H3. The highest BCUT2D eigenvalue weighted by atomic mass is 31.0. The quantitative estimate of drug-likeness (QED) is 0.522. The van der Waals surface area contributed by atoms with Gasteiger partial charge >= 0.3 is 0 Å². The molecule has 0 fully saturated rings. The lowest BCUT2D eigenvalue weighted by Crippen LogP contribution is -2.21. The van der Waals surface area contributed by atoms with Gasteiger partial charge in [0.05, 0.1) is 7.85 Å². The van der Waals surface area contributed by atoms with E-state index in [4.69, 9.17) is 7.85 Å². The van der Waals surface area contributed by atoms with Crippen molar-refractivity contribution >= 4 is 17.1 Å². The summed E-state index contributed by atoms with van der Waals surface area (Å²) in [6.45, 7) is 10.5. The summed E-state index contributed by atoms with van der Waals surface area (Å²) in [5.74, 6) is 0. The van der Waals surface area contributed by atoms with E-state index in [-0.39, 0.29) is 5.41 Å². The van der Waals surface area contributed by atoms with Crippen molar-refractivity contribution in [3.8, 4) is 0 Å². The Kier molecular flexibility index (Phi) is 3.31. The third-order valence-electron chi connectivity index (χ3n) is 2.36. The molecule has 0 N–H and O–H groups in total. The molecule has 0 saturated heterocycles. The van der Waals surface area contributed by atoms with Crippen LogP contribution in [0.5, 0.6) is 0 Å². The van der Waals surface area contributed by atoms with Gasteiger partial charge in [-0.1, -0.05) is 33.8 Å². The molecule has 2 atom stereocenters. The third-order valence-corrected chi connectivity index (χ3v) is 2.66. The maximum atomic E-state index is 6.02. The van der Waals surface area contributed by atoms with Gasteiger partial charge in [0, 0.05) is 16.8 Å². The number of pyridine rings is 1. The number of aromatic nitrogens is 1. The van der Waals surface area contributed by atoms with Crippen LogP contribution in [0.2, 0.25) is 0 Å². The van der Waals surface area contributed by atoms with Gasteiger partial charge in [0.15, 0.2) is 0 Å². The summed E-state index contributed by atoms with van der Waals surface area (Å²) in [5.41, 5.74) is 3.33. The van der Waals surface area contributed by atoms with Gasteiger partial charge in [-0.25, -0.2) is 0 Å². The summed E-state index contributed by atoms with van der Waals surface area (Å²) in [6, 6.07) is 4.09. The summed E-state index contributed by atoms with van der Waals surface area (Å²) in [4.78, 5) is 4.67. The first-order chi connectivity index (χ1) is 6.62. The predicted molar refractivity (Wildman–Crippen MR) is 70.5 cm³/mol. The van der Waals surface area contributed by atoms with Crippen LogP contribution in [0.25, 0.3) is 0 Å². The molecule has 0 aliphatic carbocycles. The number of nitrogens with zero attached hydrogens (tertiary/aromatic N) is 1. The van der Waals surface area contributed by atoms with Crippen molar-refractivity contribution in [3.05, 3.63) is 29.1 Å². The van der Waals surface area contributed by atoms with Crippen molar-refractivity contribution < 1.29 is 0 Å². The first-order valence-corrected chi connectivity index (χ1v) is 5.76. The average Bonchev–Trinajstić information content (AvgIpc) is 2.00. The largest absolute Gasteiger partial charge is 0.257 e. The van der Waals surface area contributed by atoms with Crippen LogP contribution in [0.3, 0.4) is 0 Å². The molecule has 80 valence electrons. The van der Waals surface area contributed by atoms with Crippen molar-refractivity contribution in [2.45, 2.75) is 45.1 Å². The molecule has 1 heterocycles. The molecule has 0 saturated carbocycles. The zero-order valence-electron chi connectivity index (χ0n) is 10.3. The summed E-state index contributed by atoms with van der Waals surface area (Å²) < 4.78 is 0. The lowest BCUT2D eigenvalue weighted by molar-refractivity contribution is 0.560. The smallest absolute Gasteiger partial charge is 0.0885 e. The monoisotopic (exact) mass is 219 g/mol. The van der Waals surface area contributed by atoms with Crippen molar-refractivity contribution in [2.24, 2.45) is 0 Å². The molecule has 0 aliphatic rings. The van der Waals surface area contributed by atoms with E-state index in [9.17, 15) is 0 Å². The van der Waals surface area contributed by atoms with E-state index < -0.39 is 5.06 Å². The molecule has 0 aromatic carbocycles. The summed E-state index contributed by atoms with van der Waals surface area (Å²) in [5, 5.41) is -0.451. The Hall–Kier alpha value is -0.355. The fraction of sp³-hybridized carbons (Fsp3) is 0.583. The molecule has 15 heavy (non-hydrogen) atoms. The highest BCUT2D eigenvalue weighted by molar-refractivity contribution is 7.21. The van der Waals surface area contributed by atoms with Gasteiger partial charge in [0.25, 0.3) is 0 Å². The zero-order valence-corrected chi connectivity index (χ0v) is 11.4. The molecular formula is C12H19BNP. The van der Waals surface area contributed by atoms with E-state index >= 15 is 0 Å². The molecule has 0 spiro atoms. The molecule has 0 aliphatic heterocycles. The molecule has 3 heteroatoms. The Balaban J connectivity index is 3.30. The Morgan fingerprint density at radius 1 is 1.20 bits per heavy atom. The number of aryl methyl sites for hydroxylation is 1. The Bertz CT molecular complexity index is 361. The van der Waals surface area contributed by atoms with Crippen LogP contribution in [0.4, 0.5) is 0 Å². The summed E-state index contributed by atoms with van der Waals surface area (Å²) in [7, 11) is 8.64. The van der Waals surface area contributed by atoms with Crippen LogP contribution in [0.15, 0.2) is 12.1 Å². The maximum absolute atomic E-state index is 6.02. The van der Waals surface area contributed by atoms with Crippen LogP contribution in [0, 0.1) is 6.92 Å². The Labute approximate surface area is 96.7 Å². The minimum atomic E-state index is -0.451. The second-order valence-corrected chi connectivity index (χ2v) is 6.59. The van der Waals surface area contributed by atoms with Crippen molar-refractivity contribution in [1.82, 2.24) is 4.98 Å². The average molecular weight is 219 g/mol. The van der Waals surface area contributed by atoms with Gasteiger partial charge in [-0.2, -0.15) is 0 Å². The first-order valence-electron chi connectivity index (χ1n) is 5.19. The van der Waals surface area contributed by atoms with E-state index in [1.807, 2.05) is 13.0 Å². The minimum Gasteiger partial charge on any atom is -0.257 e. The molecular weight excluding hydrogens is 200 g/mol. The zero-order chi connectivity index (χ0) is 11.9. The lowest BCUT2D eigenvalue weighted by Gasteiger charge is -2.25. The Morgan fingerprint density at radius 3 is 2.13 bits per heavy atom. The molecule has 1 aromatic rings. The molecule has 1 aromatic heterocycles. The van der Waals surface area contributed by atoms with E-state index in [1.54, 1.807) is 0 Å². The molecule has 0 bridgehead atoms. The lowest BCUT2D eigenvalue weighted by atomic mass is 9.82. The van der Waals surface area contributed by atoms with Gasteiger partial charge in [-0.15, -0.1) is 9.24 Å². The third kappa shape index (κ3) is 3.05.